The molecule has 37 heavy (non-hydrogen) atoms. The fourth-order valence-electron chi connectivity index (χ4n) is 3.69. The number of halogens is 2. The van der Waals surface area contributed by atoms with Crippen LogP contribution < -0.4 is 9.62 Å². The van der Waals surface area contributed by atoms with Crippen LogP contribution in [0.5, 0.6) is 0 Å². The van der Waals surface area contributed by atoms with Crippen LogP contribution in [-0.2, 0) is 26.2 Å². The quantitative estimate of drug-likeness (QED) is 0.375. The van der Waals surface area contributed by atoms with Crippen LogP contribution in [0.2, 0.25) is 10.0 Å². The molecule has 7 nitrogen and oxygen atoms in total. The van der Waals surface area contributed by atoms with Gasteiger partial charge in [0.2, 0.25) is 11.8 Å². The first-order valence-electron chi connectivity index (χ1n) is 11.7. The van der Waals surface area contributed by atoms with Gasteiger partial charge in [-0.3, -0.25) is 13.9 Å². The van der Waals surface area contributed by atoms with Gasteiger partial charge in [0.25, 0.3) is 10.0 Å². The Kier molecular flexibility index (Phi) is 9.59. The van der Waals surface area contributed by atoms with Crippen LogP contribution in [0, 0.1) is 6.92 Å². The Bertz CT molecular complexity index is 1350. The predicted octanol–water partition coefficient (Wildman–Crippen LogP) is 5.05. The Labute approximate surface area is 228 Å². The van der Waals surface area contributed by atoms with Gasteiger partial charge < -0.3 is 10.2 Å². The first-order chi connectivity index (χ1) is 17.5. The number of rotatable bonds is 10. The van der Waals surface area contributed by atoms with Gasteiger partial charge >= 0.3 is 0 Å². The van der Waals surface area contributed by atoms with Crippen molar-refractivity contribution in [3.8, 4) is 0 Å². The number of benzene rings is 3. The topological polar surface area (TPSA) is 86.8 Å². The maximum atomic E-state index is 13.8. The third kappa shape index (κ3) is 7.25. The number of likely N-dealkylation sites (N-methyl/N-ethyl adjacent to an activating group) is 1. The number of nitrogens with one attached hydrogen (secondary N) is 1. The number of sulfonamides is 1. The van der Waals surface area contributed by atoms with Crippen molar-refractivity contribution < 1.29 is 18.0 Å². The van der Waals surface area contributed by atoms with Crippen molar-refractivity contribution in [2.75, 3.05) is 17.4 Å². The fraction of sp³-hybridized carbons (Fsp3) is 0.259. The van der Waals surface area contributed by atoms with E-state index in [1.54, 1.807) is 32.0 Å². The van der Waals surface area contributed by atoms with Crippen molar-refractivity contribution in [2.45, 2.75) is 38.3 Å². The molecule has 1 unspecified atom stereocenters. The van der Waals surface area contributed by atoms with E-state index in [0.717, 1.165) is 15.4 Å². The number of aryl methyl sites for hydroxylation is 1. The standard InChI is InChI=1S/C27H29Cl2N3O4S/c1-4-30-27(34)20(3)31(17-21-10-8-19(2)9-11-21)26(33)18-32(24-7-5-6-23(29)16-24)37(35,36)25-14-12-22(28)13-15-25/h5-16,20H,4,17-18H2,1-3H3,(H,30,34). The van der Waals surface area contributed by atoms with Gasteiger partial charge in [0.1, 0.15) is 12.6 Å². The normalized spacial score (nSPS) is 12.0. The lowest BCUT2D eigenvalue weighted by Gasteiger charge is -2.32. The van der Waals surface area contributed by atoms with E-state index in [9.17, 15) is 18.0 Å². The van der Waals surface area contributed by atoms with Crippen molar-refractivity contribution >= 4 is 50.7 Å². The van der Waals surface area contributed by atoms with Crippen LogP contribution in [0.1, 0.15) is 25.0 Å². The number of carbonyl (C=O) groups excluding carboxylic acids is 2. The molecule has 0 bridgehead atoms. The molecule has 0 heterocycles. The fourth-order valence-corrected chi connectivity index (χ4v) is 5.41. The summed E-state index contributed by atoms with van der Waals surface area (Å²) in [6.07, 6.45) is 0. The van der Waals surface area contributed by atoms with E-state index < -0.39 is 28.5 Å². The Morgan fingerprint density at radius 1 is 0.946 bits per heavy atom. The van der Waals surface area contributed by atoms with E-state index in [0.29, 0.717) is 16.6 Å². The summed E-state index contributed by atoms with van der Waals surface area (Å²) >= 11 is 12.1. The van der Waals surface area contributed by atoms with E-state index in [2.05, 4.69) is 5.32 Å². The SMILES string of the molecule is CCNC(=O)C(C)N(Cc1ccc(C)cc1)C(=O)CN(c1cccc(Cl)c1)S(=O)(=O)c1ccc(Cl)cc1. The second-order valence-electron chi connectivity index (χ2n) is 8.52. The molecule has 1 atom stereocenters. The maximum absolute atomic E-state index is 13.8. The molecule has 3 rings (SSSR count). The second-order valence-corrected chi connectivity index (χ2v) is 11.3. The zero-order valence-electron chi connectivity index (χ0n) is 20.8. The lowest BCUT2D eigenvalue weighted by molar-refractivity contribution is -0.139. The van der Waals surface area contributed by atoms with Crippen LogP contribution >= 0.6 is 23.2 Å². The average molecular weight is 563 g/mol. The molecule has 0 saturated heterocycles. The highest BCUT2D eigenvalue weighted by Crippen LogP contribution is 2.27. The Balaban J connectivity index is 2.02. The summed E-state index contributed by atoms with van der Waals surface area (Å²) in [6, 6.07) is 18.7. The third-order valence-corrected chi connectivity index (χ3v) is 8.04. The maximum Gasteiger partial charge on any atom is 0.264 e. The van der Waals surface area contributed by atoms with Gasteiger partial charge in [-0.25, -0.2) is 8.42 Å². The molecule has 3 aromatic carbocycles. The molecule has 0 aromatic heterocycles. The van der Waals surface area contributed by atoms with E-state index in [-0.39, 0.29) is 23.0 Å². The Morgan fingerprint density at radius 3 is 2.19 bits per heavy atom. The molecule has 0 radical (unpaired) electrons. The summed E-state index contributed by atoms with van der Waals surface area (Å²) in [5, 5.41) is 3.43. The number of nitrogens with zero attached hydrogens (tertiary/aromatic N) is 2. The minimum absolute atomic E-state index is 0.0356. The summed E-state index contributed by atoms with van der Waals surface area (Å²) < 4.78 is 28.4. The van der Waals surface area contributed by atoms with Crippen molar-refractivity contribution in [1.82, 2.24) is 10.2 Å². The van der Waals surface area contributed by atoms with Gasteiger partial charge in [-0.1, -0.05) is 59.1 Å². The van der Waals surface area contributed by atoms with Gasteiger partial charge in [0.15, 0.2) is 0 Å². The molecule has 0 aliphatic carbocycles. The highest BCUT2D eigenvalue weighted by Gasteiger charge is 2.32. The lowest BCUT2D eigenvalue weighted by atomic mass is 10.1. The van der Waals surface area contributed by atoms with Gasteiger partial charge in [0.05, 0.1) is 10.6 Å². The minimum atomic E-state index is -4.18. The first kappa shape index (κ1) is 28.5. The van der Waals surface area contributed by atoms with Crippen molar-refractivity contribution in [3.63, 3.8) is 0 Å². The number of hydrogen-bond acceptors (Lipinski definition) is 4. The summed E-state index contributed by atoms with van der Waals surface area (Å²) in [5.41, 5.74) is 2.08. The van der Waals surface area contributed by atoms with E-state index in [1.165, 1.54) is 35.2 Å². The summed E-state index contributed by atoms with van der Waals surface area (Å²) in [7, 11) is -4.18. The smallest absolute Gasteiger partial charge is 0.264 e. The number of anilines is 1. The van der Waals surface area contributed by atoms with Crippen LogP contribution in [0.15, 0.2) is 77.7 Å². The zero-order valence-corrected chi connectivity index (χ0v) is 23.1. The Morgan fingerprint density at radius 2 is 1.59 bits per heavy atom. The number of hydrogen-bond donors (Lipinski definition) is 1. The van der Waals surface area contributed by atoms with Gasteiger partial charge in [-0.15, -0.1) is 0 Å². The molecule has 1 N–H and O–H groups in total. The summed E-state index contributed by atoms with van der Waals surface area (Å²) in [6.45, 7) is 5.34. The molecule has 2 amide bonds. The van der Waals surface area contributed by atoms with E-state index in [4.69, 9.17) is 23.2 Å². The van der Waals surface area contributed by atoms with E-state index >= 15 is 0 Å². The summed E-state index contributed by atoms with van der Waals surface area (Å²) in [5.74, 6) is -0.880. The van der Waals surface area contributed by atoms with Crippen molar-refractivity contribution in [3.05, 3.63) is 94.0 Å². The molecular weight excluding hydrogens is 533 g/mol. The van der Waals surface area contributed by atoms with Crippen LogP contribution in [0.4, 0.5) is 5.69 Å². The number of carbonyl (C=O) groups is 2. The van der Waals surface area contributed by atoms with Gasteiger partial charge in [-0.2, -0.15) is 0 Å². The highest BCUT2D eigenvalue weighted by molar-refractivity contribution is 7.92. The van der Waals surface area contributed by atoms with Crippen LogP contribution in [-0.4, -0.2) is 44.3 Å². The summed E-state index contributed by atoms with van der Waals surface area (Å²) in [4.78, 5) is 27.8. The molecular formula is C27H29Cl2N3O4S. The molecule has 0 spiro atoms. The van der Waals surface area contributed by atoms with Crippen molar-refractivity contribution in [2.24, 2.45) is 0 Å². The lowest BCUT2D eigenvalue weighted by Crippen LogP contribution is -2.51. The molecule has 0 fully saturated rings. The van der Waals surface area contributed by atoms with Gasteiger partial charge in [-0.05, 0) is 68.8 Å². The zero-order chi connectivity index (χ0) is 27.2. The van der Waals surface area contributed by atoms with Crippen molar-refractivity contribution in [1.29, 1.82) is 0 Å². The molecule has 0 saturated carbocycles. The second kappa shape index (κ2) is 12.4. The number of amides is 2. The molecule has 196 valence electrons. The Hall–Kier alpha value is -3.07. The molecule has 3 aromatic rings. The largest absolute Gasteiger partial charge is 0.355 e. The molecule has 10 heteroatoms. The van der Waals surface area contributed by atoms with Gasteiger partial charge in [0, 0.05) is 23.1 Å². The monoisotopic (exact) mass is 561 g/mol. The minimum Gasteiger partial charge on any atom is -0.355 e. The van der Waals surface area contributed by atoms with Crippen LogP contribution in [0.3, 0.4) is 0 Å². The molecule has 0 aliphatic heterocycles. The first-order valence-corrected chi connectivity index (χ1v) is 13.9. The highest BCUT2D eigenvalue weighted by atomic mass is 35.5. The van der Waals surface area contributed by atoms with E-state index in [1.807, 2.05) is 31.2 Å². The predicted molar refractivity (Wildman–Crippen MR) is 147 cm³/mol. The average Bonchev–Trinajstić information content (AvgIpc) is 2.86. The van der Waals surface area contributed by atoms with Crippen LogP contribution in [0.25, 0.3) is 0 Å². The third-order valence-electron chi connectivity index (χ3n) is 5.77. The molecule has 0 aliphatic rings.